The molecule has 9 heteroatoms. The maximum atomic E-state index is 12.3. The van der Waals surface area contributed by atoms with Crippen LogP contribution in [0, 0.1) is 0 Å². The zero-order valence-electron chi connectivity index (χ0n) is 14.3. The first-order valence-electron chi connectivity index (χ1n) is 8.72. The highest BCUT2D eigenvalue weighted by molar-refractivity contribution is 7.90. The summed E-state index contributed by atoms with van der Waals surface area (Å²) in [5, 5.41) is 14.2. The minimum absolute atomic E-state index is 0.192. The molecule has 142 valence electrons. The largest absolute Gasteiger partial charge is 0.478 e. The second kappa shape index (κ2) is 7.63. The Morgan fingerprint density at radius 1 is 1.15 bits per heavy atom. The van der Waals surface area contributed by atoms with E-state index in [-0.39, 0.29) is 29.4 Å². The van der Waals surface area contributed by atoms with Gasteiger partial charge in [-0.15, -0.1) is 0 Å². The van der Waals surface area contributed by atoms with Crippen LogP contribution >= 0.6 is 0 Å². The van der Waals surface area contributed by atoms with E-state index in [1.165, 1.54) is 16.4 Å². The number of carboxylic acids is 1. The number of hydrogen-bond donors (Lipinski definition) is 3. The molecule has 8 nitrogen and oxygen atoms in total. The summed E-state index contributed by atoms with van der Waals surface area (Å²) in [7, 11) is -3.21. The van der Waals surface area contributed by atoms with E-state index in [9.17, 15) is 18.0 Å². The van der Waals surface area contributed by atoms with Gasteiger partial charge in [-0.05, 0) is 43.4 Å². The van der Waals surface area contributed by atoms with Crippen LogP contribution in [-0.4, -0.2) is 54.2 Å². The molecule has 2 amide bonds. The second-order valence-electron chi connectivity index (χ2n) is 6.77. The van der Waals surface area contributed by atoms with E-state index in [4.69, 9.17) is 5.11 Å². The maximum Gasteiger partial charge on any atom is 0.335 e. The summed E-state index contributed by atoms with van der Waals surface area (Å²) in [6, 6.07) is 5.70. The third-order valence-corrected chi connectivity index (χ3v) is 7.04. The van der Waals surface area contributed by atoms with Gasteiger partial charge in [0, 0.05) is 25.7 Å². The SMILES string of the molecule is O=C(NCc1ccc(C(=O)O)cc1)N[C@@H]1CCCN(S(=O)(=O)C2CC2)C1. The van der Waals surface area contributed by atoms with Crippen LogP contribution in [0.2, 0.25) is 0 Å². The van der Waals surface area contributed by atoms with Gasteiger partial charge in [0.1, 0.15) is 0 Å². The number of nitrogens with one attached hydrogen (secondary N) is 2. The Morgan fingerprint density at radius 2 is 1.85 bits per heavy atom. The molecule has 1 aliphatic heterocycles. The van der Waals surface area contributed by atoms with Gasteiger partial charge in [0.05, 0.1) is 10.8 Å². The number of carbonyl (C=O) groups is 2. The molecule has 1 aliphatic carbocycles. The van der Waals surface area contributed by atoms with Crippen molar-refractivity contribution in [1.29, 1.82) is 0 Å². The van der Waals surface area contributed by atoms with Crippen LogP contribution in [0.1, 0.15) is 41.6 Å². The van der Waals surface area contributed by atoms with Gasteiger partial charge >= 0.3 is 12.0 Å². The fraction of sp³-hybridized carbons (Fsp3) is 0.529. The molecule has 1 saturated heterocycles. The van der Waals surface area contributed by atoms with Crippen LogP contribution in [-0.2, 0) is 16.6 Å². The number of urea groups is 1. The lowest BCUT2D eigenvalue weighted by molar-refractivity contribution is 0.0697. The Kier molecular flexibility index (Phi) is 5.47. The number of benzene rings is 1. The van der Waals surface area contributed by atoms with Crippen molar-refractivity contribution in [3.8, 4) is 0 Å². The molecule has 0 unspecified atom stereocenters. The van der Waals surface area contributed by atoms with Gasteiger partial charge in [-0.25, -0.2) is 18.0 Å². The van der Waals surface area contributed by atoms with Gasteiger partial charge in [-0.2, -0.15) is 4.31 Å². The van der Waals surface area contributed by atoms with Crippen LogP contribution in [0.15, 0.2) is 24.3 Å². The van der Waals surface area contributed by atoms with E-state index >= 15 is 0 Å². The summed E-state index contributed by atoms with van der Waals surface area (Å²) in [5.74, 6) is -0.995. The first-order valence-corrected chi connectivity index (χ1v) is 10.2. The van der Waals surface area contributed by atoms with Crippen molar-refractivity contribution in [3.05, 3.63) is 35.4 Å². The Hall–Kier alpha value is -2.13. The highest BCUT2D eigenvalue weighted by Gasteiger charge is 2.41. The summed E-state index contributed by atoms with van der Waals surface area (Å²) in [6.07, 6.45) is 2.95. The van der Waals surface area contributed by atoms with E-state index in [0.717, 1.165) is 31.2 Å². The molecule has 1 atom stereocenters. The molecule has 0 spiro atoms. The molecule has 1 aromatic rings. The highest BCUT2D eigenvalue weighted by Crippen LogP contribution is 2.32. The topological polar surface area (TPSA) is 116 Å². The predicted octanol–water partition coefficient (Wildman–Crippen LogP) is 1.14. The smallest absolute Gasteiger partial charge is 0.335 e. The van der Waals surface area contributed by atoms with Crippen LogP contribution in [0.5, 0.6) is 0 Å². The van der Waals surface area contributed by atoms with Crippen molar-refractivity contribution in [2.45, 2.75) is 43.5 Å². The quantitative estimate of drug-likeness (QED) is 0.683. The Morgan fingerprint density at radius 3 is 2.46 bits per heavy atom. The highest BCUT2D eigenvalue weighted by atomic mass is 32.2. The monoisotopic (exact) mass is 381 g/mol. The van der Waals surface area contributed by atoms with Gasteiger partial charge in [0.25, 0.3) is 0 Å². The number of carbonyl (C=O) groups excluding carboxylic acids is 1. The fourth-order valence-corrected chi connectivity index (χ4v) is 4.98. The minimum Gasteiger partial charge on any atom is -0.478 e. The van der Waals surface area contributed by atoms with Crippen molar-refractivity contribution in [1.82, 2.24) is 14.9 Å². The molecule has 1 aromatic carbocycles. The van der Waals surface area contributed by atoms with Gasteiger partial charge in [0.15, 0.2) is 0 Å². The maximum absolute atomic E-state index is 12.3. The molecule has 0 radical (unpaired) electrons. The Labute approximate surface area is 152 Å². The first-order chi connectivity index (χ1) is 12.4. The molecule has 3 N–H and O–H groups in total. The normalized spacial score (nSPS) is 21.2. The van der Waals surface area contributed by atoms with Gasteiger partial charge < -0.3 is 15.7 Å². The lowest BCUT2D eigenvalue weighted by atomic mass is 10.1. The van der Waals surface area contributed by atoms with E-state index in [2.05, 4.69) is 10.6 Å². The molecule has 1 heterocycles. The third-order valence-electron chi connectivity index (χ3n) is 4.68. The van der Waals surface area contributed by atoms with Gasteiger partial charge in [-0.1, -0.05) is 12.1 Å². The summed E-state index contributed by atoms with van der Waals surface area (Å²) < 4.78 is 26.1. The van der Waals surface area contributed by atoms with Crippen molar-refractivity contribution >= 4 is 22.0 Å². The summed E-state index contributed by atoms with van der Waals surface area (Å²) >= 11 is 0. The van der Waals surface area contributed by atoms with Crippen molar-refractivity contribution in [2.24, 2.45) is 0 Å². The van der Waals surface area contributed by atoms with Crippen LogP contribution in [0.3, 0.4) is 0 Å². The Bertz CT molecular complexity index is 774. The van der Waals surface area contributed by atoms with Crippen LogP contribution in [0.4, 0.5) is 4.79 Å². The number of carboxylic acid groups (broad SMARTS) is 1. The molecule has 1 saturated carbocycles. The number of amides is 2. The first kappa shape index (κ1) is 18.7. The molecule has 3 rings (SSSR count). The molecule has 0 bridgehead atoms. The van der Waals surface area contributed by atoms with Crippen LogP contribution < -0.4 is 10.6 Å². The van der Waals surface area contributed by atoms with E-state index in [0.29, 0.717) is 13.1 Å². The second-order valence-corrected chi connectivity index (χ2v) is 8.98. The summed E-state index contributed by atoms with van der Waals surface area (Å²) in [4.78, 5) is 22.9. The molecule has 0 aromatic heterocycles. The van der Waals surface area contributed by atoms with Crippen molar-refractivity contribution in [2.75, 3.05) is 13.1 Å². The Balaban J connectivity index is 1.47. The van der Waals surface area contributed by atoms with E-state index < -0.39 is 16.0 Å². The van der Waals surface area contributed by atoms with E-state index in [1.807, 2.05) is 0 Å². The standard InChI is InChI=1S/C17H23N3O5S/c21-16(22)13-5-3-12(4-6-13)10-18-17(23)19-14-2-1-9-20(11-14)26(24,25)15-7-8-15/h3-6,14-15H,1-2,7-11H2,(H,21,22)(H2,18,19,23)/t14-/m1/s1. The molecular formula is C17H23N3O5S. The summed E-state index contributed by atoms with van der Waals surface area (Å²) in [6.45, 7) is 1.11. The molecule has 2 aliphatic rings. The lowest BCUT2D eigenvalue weighted by Crippen LogP contribution is -2.52. The number of sulfonamides is 1. The molecule has 26 heavy (non-hydrogen) atoms. The zero-order chi connectivity index (χ0) is 18.7. The average Bonchev–Trinajstić information content (AvgIpc) is 3.46. The van der Waals surface area contributed by atoms with Crippen molar-refractivity contribution < 1.29 is 23.1 Å². The number of hydrogen-bond acceptors (Lipinski definition) is 4. The zero-order valence-corrected chi connectivity index (χ0v) is 15.2. The number of nitrogens with zero attached hydrogens (tertiary/aromatic N) is 1. The number of piperidine rings is 1. The van der Waals surface area contributed by atoms with E-state index in [1.54, 1.807) is 12.1 Å². The minimum atomic E-state index is -3.21. The lowest BCUT2D eigenvalue weighted by Gasteiger charge is -2.32. The fourth-order valence-electron chi connectivity index (χ4n) is 3.05. The summed E-state index contributed by atoms with van der Waals surface area (Å²) in [5.41, 5.74) is 0.976. The van der Waals surface area contributed by atoms with Crippen molar-refractivity contribution in [3.63, 3.8) is 0 Å². The van der Waals surface area contributed by atoms with Gasteiger partial charge in [0.2, 0.25) is 10.0 Å². The molecule has 2 fully saturated rings. The molecular weight excluding hydrogens is 358 g/mol. The predicted molar refractivity (Wildman–Crippen MR) is 95.3 cm³/mol. The van der Waals surface area contributed by atoms with Gasteiger partial charge in [-0.3, -0.25) is 0 Å². The number of rotatable bonds is 6. The average molecular weight is 381 g/mol. The van der Waals surface area contributed by atoms with Crippen LogP contribution in [0.25, 0.3) is 0 Å². The number of aromatic carboxylic acids is 1. The third kappa shape index (κ3) is 4.53.